The summed E-state index contributed by atoms with van der Waals surface area (Å²) in [6.45, 7) is 15.8. The highest BCUT2D eigenvalue weighted by Gasteiger charge is 2.65. The van der Waals surface area contributed by atoms with Crippen LogP contribution >= 0.6 is 0 Å². The predicted octanol–water partition coefficient (Wildman–Crippen LogP) is 5.92. The van der Waals surface area contributed by atoms with Gasteiger partial charge in [-0.2, -0.15) is 25.3 Å². The third-order valence-corrected chi connectivity index (χ3v) is 14.9. The molecule has 0 bridgehead atoms. The summed E-state index contributed by atoms with van der Waals surface area (Å²) in [5.74, 6) is 1.13. The van der Waals surface area contributed by atoms with Crippen molar-refractivity contribution < 1.29 is 51.5 Å². The minimum Gasteiger partial charge on any atom is -0.264 e. The topological polar surface area (TPSA) is 191 Å². The van der Waals surface area contributed by atoms with E-state index < -0.39 is 60.8 Å². The molecule has 0 spiro atoms. The van der Waals surface area contributed by atoms with Crippen molar-refractivity contribution in [3.8, 4) is 0 Å². The molecule has 4 saturated carbocycles. The Bertz CT molecular complexity index is 1400. The van der Waals surface area contributed by atoms with Gasteiger partial charge in [0.25, 0.3) is 0 Å². The van der Waals surface area contributed by atoms with E-state index >= 15 is 0 Å². The van der Waals surface area contributed by atoms with Crippen LogP contribution in [0.5, 0.6) is 0 Å². The fraction of sp³-hybridized carbons (Fsp3) is 1.00. The van der Waals surface area contributed by atoms with Crippen molar-refractivity contribution in [2.24, 2.45) is 57.7 Å². The molecule has 12 atom stereocenters. The van der Waals surface area contributed by atoms with Crippen molar-refractivity contribution in [1.29, 1.82) is 0 Å². The Morgan fingerprint density at radius 2 is 1.27 bits per heavy atom. The molecule has 1 unspecified atom stereocenters. The zero-order chi connectivity index (χ0) is 34.0. The van der Waals surface area contributed by atoms with E-state index in [0.29, 0.717) is 24.2 Å². The van der Waals surface area contributed by atoms with Gasteiger partial charge in [-0.1, -0.05) is 61.3 Å². The fourth-order valence-electron chi connectivity index (χ4n) is 10.5. The Morgan fingerprint density at radius 3 is 1.82 bits per heavy atom. The molecular weight excluding hydrogens is 649 g/mol. The van der Waals surface area contributed by atoms with E-state index in [9.17, 15) is 38.9 Å². The molecule has 0 aliphatic heterocycles. The number of hydrogen-bond donors (Lipinski definition) is 3. The fourth-order valence-corrected chi connectivity index (χ4v) is 12.0. The zero-order valence-electron chi connectivity index (χ0n) is 27.6. The van der Waals surface area contributed by atoms with Crippen LogP contribution in [0.4, 0.5) is 0 Å². The first-order valence-corrected chi connectivity index (χ1v) is 20.5. The summed E-state index contributed by atoms with van der Waals surface area (Å²) >= 11 is 0. The molecule has 0 aromatic heterocycles. The molecule has 4 rings (SSSR count). The van der Waals surface area contributed by atoms with Gasteiger partial charge in [0.05, 0.1) is 6.10 Å². The van der Waals surface area contributed by atoms with Crippen LogP contribution in [-0.2, 0) is 43.7 Å². The lowest BCUT2D eigenvalue weighted by atomic mass is 9.43. The molecule has 0 aromatic carbocycles. The molecule has 12 nitrogen and oxygen atoms in total. The van der Waals surface area contributed by atoms with Gasteiger partial charge < -0.3 is 0 Å². The summed E-state index contributed by atoms with van der Waals surface area (Å²) in [7, 11) is -15.0. The van der Waals surface area contributed by atoms with Crippen LogP contribution in [0, 0.1) is 57.7 Å². The van der Waals surface area contributed by atoms with Crippen molar-refractivity contribution in [2.45, 2.75) is 131 Å². The highest BCUT2D eigenvalue weighted by molar-refractivity contribution is 7.81. The van der Waals surface area contributed by atoms with Crippen LogP contribution in [0.1, 0.15) is 113 Å². The van der Waals surface area contributed by atoms with Crippen LogP contribution in [0.15, 0.2) is 0 Å². The third-order valence-electron chi connectivity index (χ3n) is 13.4. The van der Waals surface area contributed by atoms with E-state index in [1.165, 1.54) is 0 Å². The van der Waals surface area contributed by atoms with Gasteiger partial charge in [-0.15, -0.1) is 0 Å². The molecule has 0 heterocycles. The maximum absolute atomic E-state index is 12.1. The second-order valence-corrected chi connectivity index (χ2v) is 19.0. The zero-order valence-corrected chi connectivity index (χ0v) is 30.0. The second kappa shape index (κ2) is 12.8. The number of hydrogen-bond acceptors (Lipinski definition) is 9. The highest BCUT2D eigenvalue weighted by atomic mass is 32.3. The van der Waals surface area contributed by atoms with Crippen LogP contribution in [0.2, 0.25) is 0 Å². The Labute approximate surface area is 270 Å². The van der Waals surface area contributed by atoms with Gasteiger partial charge >= 0.3 is 31.2 Å². The SMILES string of the molecule is CCC(C)(C)[C@@H](C)CC[C@@H](C)[C@H]1CC[C@H]2[C@@H]3C[C@H](OS(=O)(=O)O)[C@H]4C[C@H](OS(=O)(=O)O)[C@@H](OS(=O)(=O)O)C[C@]4(C)C3CC[C@]12C. The molecule has 0 amide bonds. The summed E-state index contributed by atoms with van der Waals surface area (Å²) in [6, 6.07) is 0. The third kappa shape index (κ3) is 8.09. The van der Waals surface area contributed by atoms with Gasteiger partial charge in [-0.05, 0) is 109 Å². The molecule has 0 aromatic rings. The summed E-state index contributed by atoms with van der Waals surface area (Å²) in [5.41, 5.74) is -0.539. The monoisotopic (exact) mass is 702 g/mol. The normalized spacial score (nSPS) is 40.7. The smallest absolute Gasteiger partial charge is 0.264 e. The lowest BCUT2D eigenvalue weighted by molar-refractivity contribution is -0.184. The van der Waals surface area contributed by atoms with E-state index in [0.717, 1.165) is 44.9 Å². The van der Waals surface area contributed by atoms with Crippen LogP contribution in [-0.4, -0.2) is 57.2 Å². The van der Waals surface area contributed by atoms with Gasteiger partial charge in [0, 0.05) is 0 Å². The molecule has 4 fully saturated rings. The van der Waals surface area contributed by atoms with Crippen molar-refractivity contribution in [3.05, 3.63) is 0 Å². The maximum atomic E-state index is 12.1. The molecule has 15 heteroatoms. The molecule has 0 radical (unpaired) electrons. The quantitative estimate of drug-likeness (QED) is 0.204. The summed E-state index contributed by atoms with van der Waals surface area (Å²) in [5, 5.41) is 0. The average Bonchev–Trinajstić information content (AvgIpc) is 3.23. The summed E-state index contributed by atoms with van der Waals surface area (Å²) in [6.07, 6.45) is 3.06. The molecule has 3 N–H and O–H groups in total. The van der Waals surface area contributed by atoms with Crippen LogP contribution < -0.4 is 0 Å². The Balaban J connectivity index is 1.65. The molecule has 4 aliphatic rings. The predicted molar refractivity (Wildman–Crippen MR) is 167 cm³/mol. The van der Waals surface area contributed by atoms with E-state index in [4.69, 9.17) is 12.5 Å². The first kappa shape index (κ1) is 37.4. The lowest BCUT2D eigenvalue weighted by Gasteiger charge is -2.63. The second-order valence-electron chi connectivity index (χ2n) is 15.9. The van der Waals surface area contributed by atoms with E-state index in [1.54, 1.807) is 0 Å². The molecule has 0 saturated heterocycles. The summed E-state index contributed by atoms with van der Waals surface area (Å²) < 4.78 is 115. The Morgan fingerprint density at radius 1 is 0.733 bits per heavy atom. The van der Waals surface area contributed by atoms with Crippen molar-refractivity contribution in [2.75, 3.05) is 0 Å². The van der Waals surface area contributed by atoms with Crippen molar-refractivity contribution in [3.63, 3.8) is 0 Å². The molecule has 4 aliphatic carbocycles. The largest absolute Gasteiger partial charge is 0.397 e. The molecular formula is C30H54O12S3. The van der Waals surface area contributed by atoms with Gasteiger partial charge in [0.1, 0.15) is 12.2 Å². The van der Waals surface area contributed by atoms with Crippen LogP contribution in [0.3, 0.4) is 0 Å². The first-order valence-electron chi connectivity index (χ1n) is 16.4. The minimum absolute atomic E-state index is 0.00248. The average molecular weight is 703 g/mol. The van der Waals surface area contributed by atoms with E-state index in [1.807, 2.05) is 6.92 Å². The lowest BCUT2D eigenvalue weighted by Crippen LogP contribution is -2.62. The van der Waals surface area contributed by atoms with Gasteiger partial charge in [-0.3, -0.25) is 13.7 Å². The number of rotatable bonds is 12. The van der Waals surface area contributed by atoms with Gasteiger partial charge in [0.2, 0.25) is 0 Å². The van der Waals surface area contributed by atoms with Crippen LogP contribution in [0.25, 0.3) is 0 Å². The summed E-state index contributed by atoms with van der Waals surface area (Å²) in [4.78, 5) is 0. The standard InChI is InChI=1S/C30H54O12S3/c1-8-28(4,5)19(3)10-9-18(2)21-11-12-22-20-15-25(40-43(31,32)33)24-16-26(41-44(34,35)36)27(42-45(37,38)39)17-30(24,7)23(20)13-14-29(21,22)6/h18-27H,8-17H2,1-7H3,(H,31,32,33)(H,34,35,36)(H,37,38,39)/t18-,19+,20+,21-,22+,23?,24-,25+,26+,27+,29-,30-/m1/s1. The minimum atomic E-state index is -5.07. The van der Waals surface area contributed by atoms with Crippen molar-refractivity contribution in [1.82, 2.24) is 0 Å². The van der Waals surface area contributed by atoms with E-state index in [-0.39, 0.29) is 41.4 Å². The Hall–Kier alpha value is -0.390. The Kier molecular flexibility index (Phi) is 10.7. The molecule has 45 heavy (non-hydrogen) atoms. The molecule has 264 valence electrons. The maximum Gasteiger partial charge on any atom is 0.397 e. The number of fused-ring (bicyclic) bond motifs is 5. The van der Waals surface area contributed by atoms with Gasteiger partial charge in [-0.25, -0.2) is 12.5 Å². The van der Waals surface area contributed by atoms with Gasteiger partial charge in [0.15, 0.2) is 0 Å². The first-order chi connectivity index (χ1) is 20.4. The van der Waals surface area contributed by atoms with E-state index in [2.05, 4.69) is 41.5 Å². The highest BCUT2D eigenvalue weighted by Crippen LogP contribution is 2.69. The van der Waals surface area contributed by atoms with Crippen molar-refractivity contribution >= 4 is 31.2 Å².